The molecule has 1 heterocycles. The van der Waals surface area contributed by atoms with E-state index in [1.807, 2.05) is 61.5 Å². The highest BCUT2D eigenvalue weighted by Crippen LogP contribution is 2.49. The van der Waals surface area contributed by atoms with Gasteiger partial charge in [-0.1, -0.05) is 42.5 Å². The predicted molar refractivity (Wildman–Crippen MR) is 158 cm³/mol. The van der Waals surface area contributed by atoms with Gasteiger partial charge < -0.3 is 29.0 Å². The lowest BCUT2D eigenvalue weighted by Gasteiger charge is -2.37. The van der Waals surface area contributed by atoms with E-state index in [-0.39, 0.29) is 18.3 Å². The number of rotatable bonds is 9. The number of nitrogens with one attached hydrogen (secondary N) is 1. The maximum atomic E-state index is 14.0. The Balaban J connectivity index is 1.58. The Morgan fingerprint density at radius 3 is 2.10 bits per heavy atom. The number of dihydropyridines is 1. The Morgan fingerprint density at radius 1 is 0.833 bits per heavy atom. The van der Waals surface area contributed by atoms with Crippen LogP contribution in [-0.2, 0) is 20.9 Å². The summed E-state index contributed by atoms with van der Waals surface area (Å²) in [5.74, 6) is 0.801. The number of carbonyl (C=O) groups excluding carboxylic acids is 2. The Hall–Kier alpha value is -4.72. The molecule has 2 unspecified atom stereocenters. The topological polar surface area (TPSA) is 92.3 Å². The Labute approximate surface area is 245 Å². The number of esters is 1. The van der Waals surface area contributed by atoms with Crippen molar-refractivity contribution in [2.24, 2.45) is 0 Å². The third kappa shape index (κ3) is 5.57. The Kier molecular flexibility index (Phi) is 8.52. The second kappa shape index (κ2) is 12.4. The normalized spacial score (nSPS) is 18.2. The summed E-state index contributed by atoms with van der Waals surface area (Å²) < 4.78 is 27.9. The highest BCUT2D eigenvalue weighted by atomic mass is 16.5. The molecule has 8 heteroatoms. The second-order valence-corrected chi connectivity index (χ2v) is 10.3. The van der Waals surface area contributed by atoms with E-state index in [4.69, 9.17) is 23.7 Å². The molecule has 3 aromatic carbocycles. The first-order valence-corrected chi connectivity index (χ1v) is 13.8. The molecular weight excluding hydrogens is 534 g/mol. The molecule has 0 aromatic heterocycles. The fourth-order valence-electron chi connectivity index (χ4n) is 5.82. The van der Waals surface area contributed by atoms with Crippen molar-refractivity contribution in [3.8, 4) is 23.0 Å². The van der Waals surface area contributed by atoms with Gasteiger partial charge in [0.05, 0.1) is 34.0 Å². The summed E-state index contributed by atoms with van der Waals surface area (Å²) in [6.45, 7) is 1.95. The fraction of sp³-hybridized carbons (Fsp3) is 0.294. The minimum Gasteiger partial charge on any atom is -0.497 e. The fourth-order valence-corrected chi connectivity index (χ4v) is 5.82. The molecule has 8 nitrogen and oxygen atoms in total. The van der Waals surface area contributed by atoms with Gasteiger partial charge in [-0.05, 0) is 60.2 Å². The molecule has 2 aliphatic rings. The third-order valence-electron chi connectivity index (χ3n) is 7.87. The van der Waals surface area contributed by atoms with Gasteiger partial charge in [-0.2, -0.15) is 0 Å². The van der Waals surface area contributed by atoms with Gasteiger partial charge in [-0.15, -0.1) is 0 Å². The zero-order chi connectivity index (χ0) is 29.8. The largest absolute Gasteiger partial charge is 0.497 e. The van der Waals surface area contributed by atoms with Crippen LogP contribution in [0.5, 0.6) is 23.0 Å². The lowest BCUT2D eigenvalue weighted by Crippen LogP contribution is -2.36. The molecule has 1 N–H and O–H groups in total. The van der Waals surface area contributed by atoms with Crippen molar-refractivity contribution in [2.45, 2.75) is 38.2 Å². The summed E-state index contributed by atoms with van der Waals surface area (Å²) in [4.78, 5) is 27.8. The van der Waals surface area contributed by atoms with E-state index in [1.54, 1.807) is 19.2 Å². The number of allylic oxidation sites excluding steroid dienone is 3. The molecule has 0 bridgehead atoms. The van der Waals surface area contributed by atoms with Crippen molar-refractivity contribution < 1.29 is 33.3 Å². The molecule has 0 amide bonds. The van der Waals surface area contributed by atoms with Crippen LogP contribution in [0.2, 0.25) is 0 Å². The lowest BCUT2D eigenvalue weighted by molar-refractivity contribution is -0.140. The average Bonchev–Trinajstić information content (AvgIpc) is 3.02. The van der Waals surface area contributed by atoms with E-state index in [0.717, 1.165) is 22.6 Å². The summed E-state index contributed by atoms with van der Waals surface area (Å²) in [6.07, 6.45) is 0.914. The predicted octanol–water partition coefficient (Wildman–Crippen LogP) is 5.83. The molecule has 5 rings (SSSR count). The van der Waals surface area contributed by atoms with Crippen LogP contribution in [0.15, 0.2) is 89.3 Å². The summed E-state index contributed by atoms with van der Waals surface area (Å²) in [6, 6.07) is 20.9. The molecule has 3 aromatic rings. The van der Waals surface area contributed by atoms with Crippen LogP contribution in [0.4, 0.5) is 0 Å². The first-order valence-electron chi connectivity index (χ1n) is 13.8. The zero-order valence-corrected chi connectivity index (χ0v) is 24.5. The minimum absolute atomic E-state index is 0.0189. The Morgan fingerprint density at radius 2 is 1.50 bits per heavy atom. The first kappa shape index (κ1) is 28.8. The van der Waals surface area contributed by atoms with E-state index in [9.17, 15) is 9.59 Å². The van der Waals surface area contributed by atoms with E-state index < -0.39 is 11.9 Å². The molecule has 0 saturated carbocycles. The highest BCUT2D eigenvalue weighted by molar-refractivity contribution is 6.04. The highest BCUT2D eigenvalue weighted by Gasteiger charge is 2.42. The van der Waals surface area contributed by atoms with E-state index >= 15 is 0 Å². The van der Waals surface area contributed by atoms with Gasteiger partial charge in [0, 0.05) is 29.3 Å². The van der Waals surface area contributed by atoms with Crippen LogP contribution >= 0.6 is 0 Å². The maximum Gasteiger partial charge on any atom is 0.337 e. The van der Waals surface area contributed by atoms with Gasteiger partial charge >= 0.3 is 5.97 Å². The van der Waals surface area contributed by atoms with Crippen molar-refractivity contribution in [1.82, 2.24) is 5.32 Å². The first-order chi connectivity index (χ1) is 20.4. The van der Waals surface area contributed by atoms with Gasteiger partial charge in [0.15, 0.2) is 17.3 Å². The molecule has 0 spiro atoms. The van der Waals surface area contributed by atoms with Crippen LogP contribution in [-0.4, -0.2) is 40.2 Å². The SMILES string of the molecule is COc1ccc(C2CC(=O)C3=C(C2)NC(C)=C(C(=O)OCc2ccccc2)C3c2cc(OC)c(OC)c(OC)c2)cc1. The maximum absolute atomic E-state index is 14.0. The number of ketones is 1. The van der Waals surface area contributed by atoms with Crippen LogP contribution < -0.4 is 24.3 Å². The number of Topliss-reactive ketones (excluding diaryl/α,β-unsaturated/α-hetero) is 1. The third-order valence-corrected chi connectivity index (χ3v) is 7.87. The number of ether oxygens (including phenoxy) is 5. The quantitative estimate of drug-likeness (QED) is 0.322. The molecule has 1 aliphatic carbocycles. The molecule has 42 heavy (non-hydrogen) atoms. The van der Waals surface area contributed by atoms with Gasteiger partial charge in [-0.25, -0.2) is 4.79 Å². The standard InChI is InChI=1S/C34H35NO7/c1-20-30(34(37)42-19-21-9-7-6-8-10-21)31(24-17-28(39-3)33(41-5)29(18-24)40-4)32-26(35-20)15-23(16-27(32)36)22-11-13-25(38-2)14-12-22/h6-14,17-18,23,31,35H,15-16,19H2,1-5H3. The molecule has 1 aliphatic heterocycles. The zero-order valence-electron chi connectivity index (χ0n) is 24.5. The molecule has 2 atom stereocenters. The number of hydrogen-bond donors (Lipinski definition) is 1. The van der Waals surface area contributed by atoms with E-state index in [0.29, 0.717) is 52.5 Å². The summed E-state index contributed by atoms with van der Waals surface area (Å²) in [5.41, 5.74) is 4.93. The van der Waals surface area contributed by atoms with E-state index in [1.165, 1.54) is 21.3 Å². The van der Waals surface area contributed by atoms with Crippen molar-refractivity contribution in [1.29, 1.82) is 0 Å². The summed E-state index contributed by atoms with van der Waals surface area (Å²) in [5, 5.41) is 3.41. The van der Waals surface area contributed by atoms with Gasteiger partial charge in [-0.3, -0.25) is 4.79 Å². The van der Waals surface area contributed by atoms with Gasteiger partial charge in [0.2, 0.25) is 5.75 Å². The molecule has 218 valence electrons. The van der Waals surface area contributed by atoms with Crippen LogP contribution in [0.3, 0.4) is 0 Å². The molecule has 0 radical (unpaired) electrons. The van der Waals surface area contributed by atoms with Crippen LogP contribution in [0.25, 0.3) is 0 Å². The summed E-state index contributed by atoms with van der Waals surface area (Å²) in [7, 11) is 6.24. The number of carbonyl (C=O) groups is 2. The van der Waals surface area contributed by atoms with Crippen molar-refractivity contribution in [3.05, 3.63) is 106 Å². The average molecular weight is 570 g/mol. The lowest BCUT2D eigenvalue weighted by atomic mass is 9.71. The summed E-state index contributed by atoms with van der Waals surface area (Å²) >= 11 is 0. The van der Waals surface area contributed by atoms with Gasteiger partial charge in [0.1, 0.15) is 12.4 Å². The smallest absolute Gasteiger partial charge is 0.337 e. The molecule has 0 saturated heterocycles. The van der Waals surface area contributed by atoms with Gasteiger partial charge in [0.25, 0.3) is 0 Å². The van der Waals surface area contributed by atoms with Crippen molar-refractivity contribution in [2.75, 3.05) is 28.4 Å². The minimum atomic E-state index is -0.692. The number of benzene rings is 3. The molecule has 0 fully saturated rings. The monoisotopic (exact) mass is 569 g/mol. The molecular formula is C34H35NO7. The Bertz CT molecular complexity index is 1510. The number of hydrogen-bond acceptors (Lipinski definition) is 8. The van der Waals surface area contributed by atoms with Crippen molar-refractivity contribution in [3.63, 3.8) is 0 Å². The second-order valence-electron chi connectivity index (χ2n) is 10.3. The van der Waals surface area contributed by atoms with Crippen LogP contribution in [0.1, 0.15) is 48.3 Å². The number of methoxy groups -OCH3 is 4. The van der Waals surface area contributed by atoms with Crippen LogP contribution in [0, 0.1) is 0 Å². The van der Waals surface area contributed by atoms with E-state index in [2.05, 4.69) is 5.32 Å². The van der Waals surface area contributed by atoms with Crippen molar-refractivity contribution >= 4 is 11.8 Å².